The van der Waals surface area contributed by atoms with Gasteiger partial charge in [-0.1, -0.05) is 0 Å². The third kappa shape index (κ3) is 3.48. The Labute approximate surface area is 144 Å². The summed E-state index contributed by atoms with van der Waals surface area (Å²) in [6.07, 6.45) is 4.76. The van der Waals surface area contributed by atoms with Gasteiger partial charge in [0.05, 0.1) is 5.60 Å². The summed E-state index contributed by atoms with van der Waals surface area (Å²) in [5, 5.41) is 10.9. The van der Waals surface area contributed by atoms with Gasteiger partial charge in [0, 0.05) is 65.1 Å². The second kappa shape index (κ2) is 6.68. The zero-order chi connectivity index (χ0) is 17.4. The van der Waals surface area contributed by atoms with Crippen LogP contribution in [0.4, 0.5) is 0 Å². The predicted molar refractivity (Wildman–Crippen MR) is 91.4 cm³/mol. The van der Waals surface area contributed by atoms with Gasteiger partial charge in [-0.25, -0.2) is 0 Å². The van der Waals surface area contributed by atoms with E-state index >= 15 is 0 Å². The van der Waals surface area contributed by atoms with Crippen molar-refractivity contribution in [3.63, 3.8) is 0 Å². The van der Waals surface area contributed by atoms with Gasteiger partial charge in [0.25, 0.3) is 10.2 Å². The van der Waals surface area contributed by atoms with Gasteiger partial charge in [-0.05, 0) is 30.5 Å². The van der Waals surface area contributed by atoms with Crippen LogP contribution in [0, 0.1) is 5.92 Å². The van der Waals surface area contributed by atoms with E-state index in [1.165, 1.54) is 14.2 Å². The first kappa shape index (κ1) is 17.8. The quantitative estimate of drug-likeness (QED) is 0.833. The Morgan fingerprint density at radius 3 is 2.58 bits per heavy atom. The molecule has 1 aromatic rings. The van der Waals surface area contributed by atoms with Crippen LogP contribution in [-0.2, 0) is 16.8 Å². The average molecular weight is 354 g/mol. The molecule has 0 amide bonds. The van der Waals surface area contributed by atoms with Crippen molar-refractivity contribution in [2.45, 2.75) is 25.0 Å². The van der Waals surface area contributed by atoms with Crippen LogP contribution in [0.25, 0.3) is 0 Å². The highest BCUT2D eigenvalue weighted by atomic mass is 32.2. The lowest BCUT2D eigenvalue weighted by Crippen LogP contribution is -2.61. The summed E-state index contributed by atoms with van der Waals surface area (Å²) in [5.41, 5.74) is 0.441. The van der Waals surface area contributed by atoms with Gasteiger partial charge < -0.3 is 5.11 Å². The molecule has 134 valence electrons. The van der Waals surface area contributed by atoms with Gasteiger partial charge >= 0.3 is 0 Å². The fourth-order valence-electron chi connectivity index (χ4n) is 3.67. The summed E-state index contributed by atoms with van der Waals surface area (Å²) < 4.78 is 27.5. The molecule has 2 aliphatic heterocycles. The number of piperidine rings is 2. The van der Waals surface area contributed by atoms with Gasteiger partial charge in [0.15, 0.2) is 0 Å². The normalized spacial score (nSPS) is 29.6. The van der Waals surface area contributed by atoms with Crippen molar-refractivity contribution in [1.82, 2.24) is 18.5 Å². The maximum Gasteiger partial charge on any atom is 0.281 e. The molecule has 0 saturated carbocycles. The van der Waals surface area contributed by atoms with Crippen LogP contribution in [0.15, 0.2) is 24.5 Å². The van der Waals surface area contributed by atoms with Crippen LogP contribution >= 0.6 is 0 Å². The molecule has 0 bridgehead atoms. The zero-order valence-corrected chi connectivity index (χ0v) is 15.1. The smallest absolute Gasteiger partial charge is 0.281 e. The fraction of sp³-hybridized carbons (Fsp3) is 0.688. The molecule has 3 heterocycles. The number of fused-ring (bicyclic) bond motifs is 1. The SMILES string of the molecule is CN(C)S(=O)(=O)N1CC[C@]2(O)CCN(Cc3ccncc3)C[C@@H]2C1. The van der Waals surface area contributed by atoms with E-state index in [0.717, 1.165) is 13.1 Å². The highest BCUT2D eigenvalue weighted by Crippen LogP contribution is 2.36. The van der Waals surface area contributed by atoms with E-state index in [9.17, 15) is 13.5 Å². The first-order valence-electron chi connectivity index (χ1n) is 8.32. The highest BCUT2D eigenvalue weighted by molar-refractivity contribution is 7.86. The van der Waals surface area contributed by atoms with Crippen molar-refractivity contribution in [3.8, 4) is 0 Å². The average Bonchev–Trinajstić information content (AvgIpc) is 2.55. The van der Waals surface area contributed by atoms with E-state index in [4.69, 9.17) is 0 Å². The number of likely N-dealkylation sites (tertiary alicyclic amines) is 1. The van der Waals surface area contributed by atoms with Crippen LogP contribution in [0.3, 0.4) is 0 Å². The minimum Gasteiger partial charge on any atom is -0.389 e. The summed E-state index contributed by atoms with van der Waals surface area (Å²) in [6.45, 7) is 3.10. The highest BCUT2D eigenvalue weighted by Gasteiger charge is 2.47. The Balaban J connectivity index is 1.70. The topological polar surface area (TPSA) is 77.0 Å². The number of rotatable bonds is 4. The van der Waals surface area contributed by atoms with Gasteiger partial charge in [0.2, 0.25) is 0 Å². The maximum atomic E-state index is 12.4. The summed E-state index contributed by atoms with van der Waals surface area (Å²) in [7, 11) is -0.328. The summed E-state index contributed by atoms with van der Waals surface area (Å²) in [4.78, 5) is 6.32. The number of hydrogen-bond donors (Lipinski definition) is 1. The monoisotopic (exact) mass is 354 g/mol. The molecule has 7 nitrogen and oxygen atoms in total. The molecule has 0 unspecified atom stereocenters. The molecule has 2 aliphatic rings. The number of pyridine rings is 1. The lowest BCUT2D eigenvalue weighted by molar-refractivity contribution is -0.103. The minimum absolute atomic E-state index is 0.0587. The van der Waals surface area contributed by atoms with E-state index in [0.29, 0.717) is 32.5 Å². The summed E-state index contributed by atoms with van der Waals surface area (Å²) in [6, 6.07) is 3.98. The van der Waals surface area contributed by atoms with Crippen LogP contribution in [-0.4, -0.2) is 77.9 Å². The Hall–Kier alpha value is -1.06. The van der Waals surface area contributed by atoms with E-state index < -0.39 is 15.8 Å². The lowest BCUT2D eigenvalue weighted by atomic mass is 9.76. The fourth-order valence-corrected chi connectivity index (χ4v) is 4.82. The van der Waals surface area contributed by atoms with Gasteiger partial charge in [-0.2, -0.15) is 17.0 Å². The van der Waals surface area contributed by atoms with E-state index in [1.807, 2.05) is 12.1 Å². The molecule has 8 heteroatoms. The number of aliphatic hydroxyl groups is 1. The summed E-state index contributed by atoms with van der Waals surface area (Å²) in [5.74, 6) is -0.0587. The summed E-state index contributed by atoms with van der Waals surface area (Å²) >= 11 is 0. The molecule has 24 heavy (non-hydrogen) atoms. The molecule has 0 spiro atoms. The van der Waals surface area contributed by atoms with E-state index in [2.05, 4.69) is 9.88 Å². The van der Waals surface area contributed by atoms with Gasteiger partial charge in [-0.15, -0.1) is 0 Å². The van der Waals surface area contributed by atoms with Crippen LogP contribution in [0.5, 0.6) is 0 Å². The zero-order valence-electron chi connectivity index (χ0n) is 14.3. The number of aromatic nitrogens is 1. The Bertz CT molecular complexity index is 667. The third-order valence-corrected chi connectivity index (χ3v) is 7.17. The van der Waals surface area contributed by atoms with Crippen molar-refractivity contribution >= 4 is 10.2 Å². The van der Waals surface area contributed by atoms with Gasteiger partial charge in [-0.3, -0.25) is 9.88 Å². The molecule has 0 aromatic carbocycles. The van der Waals surface area contributed by atoms with Crippen molar-refractivity contribution in [2.75, 3.05) is 40.3 Å². The largest absolute Gasteiger partial charge is 0.389 e. The molecule has 1 N–H and O–H groups in total. The number of nitrogens with zero attached hydrogens (tertiary/aromatic N) is 4. The minimum atomic E-state index is -3.42. The second-order valence-corrected chi connectivity index (χ2v) is 9.18. The van der Waals surface area contributed by atoms with Crippen LogP contribution < -0.4 is 0 Å². The molecule has 1 aromatic heterocycles. The Kier molecular flexibility index (Phi) is 4.94. The van der Waals surface area contributed by atoms with Crippen molar-refractivity contribution in [3.05, 3.63) is 30.1 Å². The van der Waals surface area contributed by atoms with Crippen LogP contribution in [0.1, 0.15) is 18.4 Å². The molecule has 2 saturated heterocycles. The Morgan fingerprint density at radius 1 is 1.25 bits per heavy atom. The van der Waals surface area contributed by atoms with Crippen molar-refractivity contribution in [1.29, 1.82) is 0 Å². The third-order valence-electron chi connectivity index (χ3n) is 5.26. The second-order valence-electron chi connectivity index (χ2n) is 7.04. The van der Waals surface area contributed by atoms with Crippen LogP contribution in [0.2, 0.25) is 0 Å². The molecular formula is C16H26N4O3S. The van der Waals surface area contributed by atoms with Crippen molar-refractivity contribution < 1.29 is 13.5 Å². The standard InChI is InChI=1S/C16H26N4O3S/c1-18(2)24(22,23)20-10-6-16(21)5-9-19(12-15(16)13-20)11-14-3-7-17-8-4-14/h3-4,7-8,15,21H,5-6,9-13H2,1-2H3/t15-,16-/m1/s1. The maximum absolute atomic E-state index is 12.4. The predicted octanol–water partition coefficient (Wildman–Crippen LogP) is 0.147. The molecule has 3 rings (SSSR count). The molecule has 0 aliphatic carbocycles. The van der Waals surface area contributed by atoms with E-state index in [-0.39, 0.29) is 5.92 Å². The van der Waals surface area contributed by atoms with Gasteiger partial charge in [0.1, 0.15) is 0 Å². The molecule has 0 radical (unpaired) electrons. The first-order valence-corrected chi connectivity index (χ1v) is 9.72. The molecular weight excluding hydrogens is 328 g/mol. The van der Waals surface area contributed by atoms with Crippen molar-refractivity contribution in [2.24, 2.45) is 5.92 Å². The Morgan fingerprint density at radius 2 is 1.92 bits per heavy atom. The molecule has 2 atom stereocenters. The lowest BCUT2D eigenvalue weighted by Gasteiger charge is -2.50. The van der Waals surface area contributed by atoms with E-state index in [1.54, 1.807) is 26.5 Å². The first-order chi connectivity index (χ1) is 11.3. The number of hydrogen-bond acceptors (Lipinski definition) is 5. The molecule has 2 fully saturated rings.